The van der Waals surface area contributed by atoms with E-state index in [0.717, 1.165) is 6.29 Å². The number of carbonyl (C=O) groups is 2. The first-order valence-electron chi connectivity index (χ1n) is 5.53. The first-order chi connectivity index (χ1) is 8.71. The normalized spacial score (nSPS) is 9.67. The molecule has 0 aliphatic carbocycles. The Morgan fingerprint density at radius 2 is 2.28 bits per heavy atom. The van der Waals surface area contributed by atoms with Crippen LogP contribution in [0.15, 0.2) is 18.2 Å². The van der Waals surface area contributed by atoms with Crippen molar-refractivity contribution in [1.29, 1.82) is 0 Å². The van der Waals surface area contributed by atoms with E-state index >= 15 is 0 Å². The molecule has 0 aromatic heterocycles. The lowest BCUT2D eigenvalue weighted by Crippen LogP contribution is -2.15. The predicted octanol–water partition coefficient (Wildman–Crippen LogP) is 1.57. The van der Waals surface area contributed by atoms with Crippen LogP contribution in [0.3, 0.4) is 0 Å². The van der Waals surface area contributed by atoms with E-state index in [4.69, 9.17) is 9.47 Å². The maximum absolute atomic E-state index is 10.9. The van der Waals surface area contributed by atoms with Gasteiger partial charge in [-0.1, -0.05) is 0 Å². The van der Waals surface area contributed by atoms with Gasteiger partial charge in [0.05, 0.1) is 19.3 Å². The van der Waals surface area contributed by atoms with Gasteiger partial charge in [-0.3, -0.25) is 9.59 Å². The molecular weight excluding hydrogens is 234 g/mol. The molecule has 0 spiro atoms. The number of methoxy groups -OCH3 is 1. The Kier molecular flexibility index (Phi) is 5.70. The minimum Gasteiger partial charge on any atom is -0.496 e. The summed E-state index contributed by atoms with van der Waals surface area (Å²) in [5.41, 5.74) is 0.473. The number of amides is 1. The van der Waals surface area contributed by atoms with Crippen molar-refractivity contribution in [2.45, 2.75) is 12.8 Å². The molecule has 5 nitrogen and oxygen atoms in total. The summed E-state index contributed by atoms with van der Waals surface area (Å²) < 4.78 is 10.5. The van der Waals surface area contributed by atoms with Crippen LogP contribution in [0.25, 0.3) is 0 Å². The lowest BCUT2D eigenvalue weighted by atomic mass is 10.2. The van der Waals surface area contributed by atoms with Gasteiger partial charge in [0, 0.05) is 19.5 Å². The highest BCUT2D eigenvalue weighted by molar-refractivity contribution is 5.79. The zero-order valence-corrected chi connectivity index (χ0v) is 10.3. The lowest BCUT2D eigenvalue weighted by Gasteiger charge is -2.09. The van der Waals surface area contributed by atoms with Crippen LogP contribution < -0.4 is 14.8 Å². The van der Waals surface area contributed by atoms with E-state index in [2.05, 4.69) is 12.4 Å². The van der Waals surface area contributed by atoms with Crippen LogP contribution in [0.2, 0.25) is 0 Å². The Morgan fingerprint density at radius 3 is 2.89 bits per heavy atom. The van der Waals surface area contributed by atoms with Crippen molar-refractivity contribution in [2.75, 3.05) is 13.7 Å². The SMILES string of the molecule is [CH2]NC(=O)CCCOc1ccc(C=O)c(OC)c1. The highest BCUT2D eigenvalue weighted by atomic mass is 16.5. The zero-order valence-electron chi connectivity index (χ0n) is 10.3. The molecule has 1 rings (SSSR count). The summed E-state index contributed by atoms with van der Waals surface area (Å²) >= 11 is 0. The maximum Gasteiger partial charge on any atom is 0.220 e. The minimum absolute atomic E-state index is 0.118. The molecule has 0 saturated heterocycles. The monoisotopic (exact) mass is 250 g/mol. The third-order valence-corrected chi connectivity index (χ3v) is 2.35. The Labute approximate surface area is 106 Å². The topological polar surface area (TPSA) is 64.6 Å². The second kappa shape index (κ2) is 7.32. The van der Waals surface area contributed by atoms with Gasteiger partial charge in [-0.25, -0.2) is 0 Å². The number of aldehydes is 1. The van der Waals surface area contributed by atoms with Crippen LogP contribution in [0.1, 0.15) is 23.2 Å². The molecular formula is C13H16NO4. The molecule has 0 saturated carbocycles. The fraction of sp³-hybridized carbons (Fsp3) is 0.308. The molecule has 0 unspecified atom stereocenters. The lowest BCUT2D eigenvalue weighted by molar-refractivity contribution is -0.120. The Balaban J connectivity index is 2.48. The smallest absolute Gasteiger partial charge is 0.220 e. The van der Waals surface area contributed by atoms with Crippen LogP contribution in [0, 0.1) is 7.05 Å². The molecule has 1 radical (unpaired) electrons. The van der Waals surface area contributed by atoms with Crippen molar-refractivity contribution in [2.24, 2.45) is 0 Å². The summed E-state index contributed by atoms with van der Waals surface area (Å²) in [5, 5.41) is 2.29. The summed E-state index contributed by atoms with van der Waals surface area (Å²) in [5.74, 6) is 0.956. The first kappa shape index (κ1) is 14.0. The Hall–Kier alpha value is -2.04. The van der Waals surface area contributed by atoms with Crippen molar-refractivity contribution >= 4 is 12.2 Å². The Morgan fingerprint density at radius 1 is 1.50 bits per heavy atom. The van der Waals surface area contributed by atoms with Crippen LogP contribution in [0.4, 0.5) is 0 Å². The van der Waals surface area contributed by atoms with Crippen LogP contribution in [0.5, 0.6) is 11.5 Å². The molecule has 0 atom stereocenters. The number of hydrogen-bond donors (Lipinski definition) is 1. The molecule has 18 heavy (non-hydrogen) atoms. The average Bonchev–Trinajstić information content (AvgIpc) is 2.42. The van der Waals surface area contributed by atoms with Crippen LogP contribution in [-0.2, 0) is 4.79 Å². The van der Waals surface area contributed by atoms with Crippen molar-refractivity contribution in [3.63, 3.8) is 0 Å². The van der Waals surface area contributed by atoms with Gasteiger partial charge in [0.15, 0.2) is 6.29 Å². The second-order valence-corrected chi connectivity index (χ2v) is 3.57. The van der Waals surface area contributed by atoms with Crippen LogP contribution >= 0.6 is 0 Å². The number of hydrogen-bond acceptors (Lipinski definition) is 4. The van der Waals surface area contributed by atoms with E-state index in [0.29, 0.717) is 36.5 Å². The van der Waals surface area contributed by atoms with Gasteiger partial charge in [0.1, 0.15) is 11.5 Å². The summed E-state index contributed by atoms with van der Waals surface area (Å²) in [7, 11) is 4.77. The molecule has 0 fully saturated rings. The fourth-order valence-electron chi connectivity index (χ4n) is 1.39. The average molecular weight is 250 g/mol. The van der Waals surface area contributed by atoms with E-state index < -0.39 is 0 Å². The van der Waals surface area contributed by atoms with E-state index in [1.807, 2.05) is 0 Å². The van der Waals surface area contributed by atoms with Crippen molar-refractivity contribution in [1.82, 2.24) is 5.32 Å². The van der Waals surface area contributed by atoms with Crippen molar-refractivity contribution in [3.05, 3.63) is 30.8 Å². The number of benzene rings is 1. The van der Waals surface area contributed by atoms with E-state index in [1.165, 1.54) is 7.11 Å². The van der Waals surface area contributed by atoms with Gasteiger partial charge in [0.25, 0.3) is 0 Å². The number of carbonyl (C=O) groups excluding carboxylic acids is 2. The summed E-state index contributed by atoms with van der Waals surface area (Å²) in [6, 6.07) is 4.96. The molecule has 97 valence electrons. The molecule has 1 aromatic rings. The second-order valence-electron chi connectivity index (χ2n) is 3.57. The highest BCUT2D eigenvalue weighted by Gasteiger charge is 2.04. The fourth-order valence-corrected chi connectivity index (χ4v) is 1.39. The maximum atomic E-state index is 10.9. The quantitative estimate of drug-likeness (QED) is 0.589. The molecule has 1 N–H and O–H groups in total. The van der Waals surface area contributed by atoms with Crippen molar-refractivity contribution < 1.29 is 19.1 Å². The van der Waals surface area contributed by atoms with Gasteiger partial charge in [-0.15, -0.1) is 0 Å². The zero-order chi connectivity index (χ0) is 13.4. The Bertz CT molecular complexity index is 417. The molecule has 1 aromatic carbocycles. The third kappa shape index (κ3) is 4.08. The van der Waals surface area contributed by atoms with Gasteiger partial charge in [-0.05, 0) is 18.6 Å². The minimum atomic E-state index is -0.118. The highest BCUT2D eigenvalue weighted by Crippen LogP contribution is 2.23. The van der Waals surface area contributed by atoms with Crippen molar-refractivity contribution in [3.8, 4) is 11.5 Å². The van der Waals surface area contributed by atoms with Crippen LogP contribution in [-0.4, -0.2) is 25.9 Å². The van der Waals surface area contributed by atoms with Gasteiger partial charge in [-0.2, -0.15) is 0 Å². The largest absolute Gasteiger partial charge is 0.496 e. The van der Waals surface area contributed by atoms with E-state index in [1.54, 1.807) is 18.2 Å². The summed E-state index contributed by atoms with van der Waals surface area (Å²) in [6.45, 7) is 0.414. The van der Waals surface area contributed by atoms with E-state index in [9.17, 15) is 9.59 Å². The molecule has 0 aliphatic heterocycles. The summed E-state index contributed by atoms with van der Waals surface area (Å²) in [6.07, 6.45) is 1.69. The van der Waals surface area contributed by atoms with Gasteiger partial charge >= 0.3 is 0 Å². The number of nitrogens with one attached hydrogen (secondary N) is 1. The van der Waals surface area contributed by atoms with Gasteiger partial charge < -0.3 is 14.8 Å². The molecule has 0 aliphatic rings. The molecule has 0 bridgehead atoms. The molecule has 1 amide bonds. The molecule has 5 heteroatoms. The predicted molar refractivity (Wildman–Crippen MR) is 66.6 cm³/mol. The first-order valence-corrected chi connectivity index (χ1v) is 5.53. The third-order valence-electron chi connectivity index (χ3n) is 2.35. The van der Waals surface area contributed by atoms with Gasteiger partial charge in [0.2, 0.25) is 5.91 Å². The molecule has 0 heterocycles. The number of ether oxygens (including phenoxy) is 2. The standard InChI is InChI=1S/C13H16NO4/c1-14-13(16)4-3-7-18-11-6-5-10(9-15)12(8-11)17-2/h5-6,8-9H,1,3-4,7H2,2H3,(H,14,16). The summed E-state index contributed by atoms with van der Waals surface area (Å²) in [4.78, 5) is 21.6. The van der Waals surface area contributed by atoms with E-state index in [-0.39, 0.29) is 5.91 Å². The number of rotatable bonds is 7.